The van der Waals surface area contributed by atoms with Crippen molar-refractivity contribution in [2.24, 2.45) is 17.8 Å². The van der Waals surface area contributed by atoms with Crippen molar-refractivity contribution in [1.29, 1.82) is 0 Å². The molecule has 16 rings (SSSR count). The highest BCUT2D eigenvalue weighted by molar-refractivity contribution is 7.92. The molecule has 1 aliphatic rings. The highest BCUT2D eigenvalue weighted by Crippen LogP contribution is 2.28. The molecule has 5 N–H and O–H groups in total. The number of aromatic amines is 1. The standard InChI is InChI=1S/C21H27N5O2.C20H19N5O4S.C20H25N5O3.C19H19N5O3.C11H15N5O/c1-5-8-9-15(6-2)20(27)22-17-12-10-16(11-13-17)18-23-19-14(4)21(28-7-3)25-26(19)24-18;1-14-19-21-18(15-7-6-8-16(13-15)24-30(2,26)27)22-25(19)23-20(14)29-12-11-28-17-9-4-3-5-10-17;1-4-6-7-14(5-2)12-28-20(27)21-16-10-8-15(9-11-16)17-22-18-13(3)19(26)24-25(18)23-17;1-11-9-15(25)23(19(11)26)10-12(2)16-20-17-13(3)18(22-24(17)21-16)27-14-7-5-4-6-8-14;1-5-9(17)12-8(4)10-13-11-6(2)7(3)14-16(11)15-10/h10-13,15H,4-9H2,1-3H3,(H,22,27);3-10,13,24H,1,11-12H2,2H3;8-11,14H,3-7,12H2,1-2H3,(H,21,27)(H,24,26);4-8,11-12H,3,9-10H2,1-2H3;8H,2,5H2,1,3-4H3,(H,12,17). The van der Waals surface area contributed by atoms with Crippen molar-refractivity contribution >= 4 is 118 Å². The number of benzene rings is 5. The molecule has 1 saturated heterocycles. The van der Waals surface area contributed by atoms with Gasteiger partial charge in [-0.2, -0.15) is 5.10 Å². The topological polar surface area (TPSA) is 452 Å². The number of rotatable bonds is 33. The molecule has 5 atom stereocenters. The van der Waals surface area contributed by atoms with E-state index in [0.29, 0.717) is 152 Å². The van der Waals surface area contributed by atoms with Crippen LogP contribution in [0, 0.1) is 24.7 Å². The number of unbranched alkanes of at least 4 members (excludes halogenated alkanes) is 2. The first-order chi connectivity index (χ1) is 62.4. The average molecular weight is 1790 g/mol. The molecule has 0 radical (unpaired) electrons. The lowest BCUT2D eigenvalue weighted by Gasteiger charge is -2.17. The number of fused-ring (bicyclic) bond motifs is 5. The lowest BCUT2D eigenvalue weighted by atomic mass is 9.98. The SMILES string of the molecule is C=c1c(=O)[nH]n2nc(-c3ccc(NC(=O)OCC(CC)CCCC)cc3)nc12.C=c1c(C)nn2nc(C(C)NC(=O)CC)nc12.C=c1c(OCC)nn2nc(-c3ccc(NC(=O)C(CC)CCCC)cc3)nc12.C=c1c(OCCOc2ccccc2)nn2nc(-c3cccc(NS(C)(=O)=O)c3)nc12.C=c1c(Oc2ccccc2)nn2nc(C(C)CN3C(=O)CC(C)C3=O)nc12. The van der Waals surface area contributed by atoms with E-state index in [1.54, 1.807) is 62.4 Å². The number of amides is 5. The molecular weight excluding hydrogens is 1680 g/mol. The molecule has 5 unspecified atom stereocenters. The molecule has 38 nitrogen and oxygen atoms in total. The number of sulfonamides is 1. The molecule has 5 amide bonds. The zero-order valence-corrected chi connectivity index (χ0v) is 75.2. The van der Waals surface area contributed by atoms with Gasteiger partial charge in [0.2, 0.25) is 51.3 Å². The van der Waals surface area contributed by atoms with Crippen LogP contribution in [0.25, 0.3) is 95.3 Å². The Hall–Kier alpha value is -15.1. The summed E-state index contributed by atoms with van der Waals surface area (Å²) in [5, 5.41) is 52.4. The molecule has 0 bridgehead atoms. The number of ether oxygens (including phenoxy) is 5. The fourth-order valence-corrected chi connectivity index (χ4v) is 14.0. The maximum absolute atomic E-state index is 12.4. The first-order valence-corrected chi connectivity index (χ1v) is 44.6. The number of carbonyl (C=O) groups excluding carboxylic acids is 5. The van der Waals surface area contributed by atoms with E-state index in [9.17, 15) is 37.2 Å². The Morgan fingerprint density at radius 1 is 0.546 bits per heavy atom. The molecule has 1 aliphatic heterocycles. The van der Waals surface area contributed by atoms with Crippen LogP contribution in [0.2, 0.25) is 0 Å². The minimum absolute atomic E-state index is 0.0223. The van der Waals surface area contributed by atoms with Gasteiger partial charge < -0.3 is 34.3 Å². The van der Waals surface area contributed by atoms with E-state index in [-0.39, 0.29) is 71.2 Å². The molecule has 130 heavy (non-hydrogen) atoms. The van der Waals surface area contributed by atoms with E-state index >= 15 is 0 Å². The molecule has 0 aliphatic carbocycles. The number of nitrogens with one attached hydrogen (secondary N) is 5. The van der Waals surface area contributed by atoms with Gasteiger partial charge in [-0.05, 0) is 131 Å². The highest BCUT2D eigenvalue weighted by atomic mass is 32.2. The first kappa shape index (κ1) is 94.1. The predicted octanol–water partition coefficient (Wildman–Crippen LogP) is 9.90. The van der Waals surface area contributed by atoms with Gasteiger partial charge in [0.1, 0.15) is 24.7 Å². The Morgan fingerprint density at radius 2 is 1.08 bits per heavy atom. The summed E-state index contributed by atoms with van der Waals surface area (Å²) in [5.74, 6) is 4.80. The summed E-state index contributed by atoms with van der Waals surface area (Å²) in [6.07, 6.45) is 9.65. The van der Waals surface area contributed by atoms with Gasteiger partial charge in [0.25, 0.3) is 5.56 Å². The summed E-state index contributed by atoms with van der Waals surface area (Å²) in [7, 11) is -3.38. The number of imide groups is 1. The van der Waals surface area contributed by atoms with Crippen molar-refractivity contribution in [3.05, 3.63) is 187 Å². The second-order valence-electron chi connectivity index (χ2n) is 30.9. The van der Waals surface area contributed by atoms with Crippen LogP contribution < -0.4 is 71.3 Å². The van der Waals surface area contributed by atoms with Gasteiger partial charge >= 0.3 is 6.09 Å². The van der Waals surface area contributed by atoms with Crippen molar-refractivity contribution in [2.45, 2.75) is 145 Å². The smallest absolute Gasteiger partial charge is 0.411 e. The summed E-state index contributed by atoms with van der Waals surface area (Å²) in [4.78, 5) is 94.7. The van der Waals surface area contributed by atoms with E-state index in [1.807, 2.05) is 113 Å². The number of nitrogens with zero attached hydrogens (tertiary/aromatic N) is 20. The maximum Gasteiger partial charge on any atom is 0.411 e. The summed E-state index contributed by atoms with van der Waals surface area (Å²) in [6.45, 7) is 40.9. The largest absolute Gasteiger partial charge is 0.490 e. The molecule has 10 aromatic heterocycles. The van der Waals surface area contributed by atoms with Gasteiger partial charge in [0, 0.05) is 76.1 Å². The Morgan fingerprint density at radius 3 is 1.65 bits per heavy atom. The van der Waals surface area contributed by atoms with E-state index in [2.05, 4.69) is 157 Å². The van der Waals surface area contributed by atoms with Crippen LogP contribution in [0.4, 0.5) is 21.9 Å². The van der Waals surface area contributed by atoms with Gasteiger partial charge in [-0.15, -0.1) is 63.9 Å². The molecule has 11 heterocycles. The molecule has 39 heteroatoms. The van der Waals surface area contributed by atoms with Crippen LogP contribution in [-0.4, -0.2) is 181 Å². The number of aromatic nitrogens is 20. The molecule has 678 valence electrons. The number of hydrogen-bond donors (Lipinski definition) is 5. The van der Waals surface area contributed by atoms with Crippen molar-refractivity contribution in [3.8, 4) is 63.3 Å². The van der Waals surface area contributed by atoms with Crippen molar-refractivity contribution in [3.63, 3.8) is 0 Å². The maximum atomic E-state index is 12.4. The number of likely N-dealkylation sites (tertiary alicyclic amines) is 1. The summed E-state index contributed by atoms with van der Waals surface area (Å²) >= 11 is 0. The van der Waals surface area contributed by atoms with Crippen molar-refractivity contribution < 1.29 is 56.1 Å². The molecule has 0 saturated carbocycles. The number of carbonyl (C=O) groups is 5. The van der Waals surface area contributed by atoms with Gasteiger partial charge in [-0.25, -0.2) is 43.2 Å². The molecule has 15 aromatic rings. The van der Waals surface area contributed by atoms with Crippen LogP contribution in [0.15, 0.2) is 138 Å². The minimum atomic E-state index is -3.38. The molecule has 5 aromatic carbocycles. The predicted molar refractivity (Wildman–Crippen MR) is 491 cm³/mol. The van der Waals surface area contributed by atoms with Crippen LogP contribution in [0.1, 0.15) is 156 Å². The number of H-pyrrole nitrogens is 1. The number of anilines is 3. The lowest BCUT2D eigenvalue weighted by molar-refractivity contribution is -0.139. The Balaban J connectivity index is 0.000000148. The van der Waals surface area contributed by atoms with Gasteiger partial charge in [0.15, 0.2) is 57.4 Å². The fourth-order valence-electron chi connectivity index (χ4n) is 13.5. The normalized spacial score (nSPS) is 13.4. The molecule has 1 fully saturated rings. The lowest BCUT2D eigenvalue weighted by Crippen LogP contribution is -2.34. The monoisotopic (exact) mass is 1790 g/mol. The van der Waals surface area contributed by atoms with E-state index in [4.69, 9.17) is 23.7 Å². The third-order valence-electron chi connectivity index (χ3n) is 20.9. The minimum Gasteiger partial charge on any atom is -0.490 e. The van der Waals surface area contributed by atoms with Crippen LogP contribution in [0.3, 0.4) is 0 Å². The Labute approximate surface area is 747 Å². The van der Waals surface area contributed by atoms with Gasteiger partial charge in [-0.1, -0.05) is 162 Å². The molecule has 0 spiro atoms. The van der Waals surface area contributed by atoms with Gasteiger partial charge in [-0.3, -0.25) is 38.9 Å². The fraction of sp³-hybridized carbons (Fsp3) is 0.341. The third-order valence-corrected chi connectivity index (χ3v) is 21.5. The number of para-hydroxylation sites is 2. The summed E-state index contributed by atoms with van der Waals surface area (Å²) < 4.78 is 60.0. The van der Waals surface area contributed by atoms with Crippen LogP contribution >= 0.6 is 0 Å². The third kappa shape index (κ3) is 23.6. The number of aryl methyl sites for hydroxylation is 1. The quantitative estimate of drug-likeness (QED) is 0.0188. The Kier molecular flexibility index (Phi) is 31.1. The second-order valence-corrected chi connectivity index (χ2v) is 32.7. The highest BCUT2D eigenvalue weighted by Gasteiger charge is 2.37. The van der Waals surface area contributed by atoms with Gasteiger partial charge in [0.05, 0.1) is 52.1 Å². The Bertz CT molecular complexity index is 6890. The zero-order chi connectivity index (χ0) is 93.0. The average Bonchev–Trinajstić information content (AvgIpc) is 1.70. The summed E-state index contributed by atoms with van der Waals surface area (Å²) in [5.41, 5.74) is 7.18. The second kappa shape index (κ2) is 43.0. The van der Waals surface area contributed by atoms with Crippen molar-refractivity contribution in [1.82, 2.24) is 109 Å². The zero-order valence-electron chi connectivity index (χ0n) is 74.4. The van der Waals surface area contributed by atoms with Crippen LogP contribution in [0.5, 0.6) is 29.1 Å². The number of hydrogen-bond acceptors (Lipinski definition) is 27. The molecular formula is C91H105N25O13S. The van der Waals surface area contributed by atoms with E-state index in [0.717, 1.165) is 91.1 Å². The van der Waals surface area contributed by atoms with E-state index in [1.165, 1.54) is 28.1 Å². The van der Waals surface area contributed by atoms with Crippen molar-refractivity contribution in [2.75, 3.05) is 54.6 Å². The first-order valence-electron chi connectivity index (χ1n) is 42.7. The summed E-state index contributed by atoms with van der Waals surface area (Å²) in [6, 6.07) is 39.9. The van der Waals surface area contributed by atoms with E-state index < -0.39 is 16.1 Å². The van der Waals surface area contributed by atoms with Crippen LogP contribution in [-0.2, 0) is 33.9 Å².